The highest BCUT2D eigenvalue weighted by Gasteiger charge is 2.25. The molecule has 4 nitrogen and oxygen atoms in total. The van der Waals surface area contributed by atoms with Crippen LogP contribution in [0.4, 0.5) is 5.82 Å². The quantitative estimate of drug-likeness (QED) is 0.792. The zero-order valence-electron chi connectivity index (χ0n) is 10.9. The zero-order chi connectivity index (χ0) is 12.4. The molecule has 1 aromatic rings. The second kappa shape index (κ2) is 4.98. The van der Waals surface area contributed by atoms with Crippen molar-refractivity contribution in [2.75, 3.05) is 11.6 Å². The standard InChI is InChI=1S/C13H24N4/c1-3-4-11-16-12(13(14)17(11)15)10-7-5-9(2)6-8-10/h9-10H,3-8,14-15H2,1-2H3. The van der Waals surface area contributed by atoms with Gasteiger partial charge in [0.2, 0.25) is 0 Å². The van der Waals surface area contributed by atoms with Crippen molar-refractivity contribution in [1.82, 2.24) is 9.66 Å². The van der Waals surface area contributed by atoms with Gasteiger partial charge in [-0.3, -0.25) is 0 Å². The second-order valence-corrected chi connectivity index (χ2v) is 5.38. The van der Waals surface area contributed by atoms with Gasteiger partial charge in [-0.05, 0) is 25.2 Å². The molecule has 1 saturated carbocycles. The van der Waals surface area contributed by atoms with E-state index in [0.29, 0.717) is 11.7 Å². The van der Waals surface area contributed by atoms with E-state index in [0.717, 1.165) is 30.3 Å². The molecule has 0 bridgehead atoms. The molecular formula is C13H24N4. The normalized spacial score (nSPS) is 25.1. The van der Waals surface area contributed by atoms with E-state index >= 15 is 0 Å². The third-order valence-electron chi connectivity index (χ3n) is 3.93. The fourth-order valence-electron chi connectivity index (χ4n) is 2.75. The molecule has 4 N–H and O–H groups in total. The molecule has 1 heterocycles. The summed E-state index contributed by atoms with van der Waals surface area (Å²) >= 11 is 0. The highest BCUT2D eigenvalue weighted by molar-refractivity contribution is 5.41. The van der Waals surface area contributed by atoms with Crippen LogP contribution in [0.1, 0.15) is 63.4 Å². The Morgan fingerprint density at radius 3 is 2.53 bits per heavy atom. The minimum absolute atomic E-state index is 0.520. The number of nitrogens with zero attached hydrogens (tertiary/aromatic N) is 2. The molecule has 0 saturated heterocycles. The van der Waals surface area contributed by atoms with Gasteiger partial charge in [-0.15, -0.1) is 0 Å². The first-order chi connectivity index (χ1) is 8.13. The maximum atomic E-state index is 6.07. The molecule has 0 radical (unpaired) electrons. The molecule has 0 aromatic carbocycles. The lowest BCUT2D eigenvalue weighted by molar-refractivity contribution is 0.345. The van der Waals surface area contributed by atoms with Gasteiger partial charge in [-0.2, -0.15) is 0 Å². The molecular weight excluding hydrogens is 212 g/mol. The lowest BCUT2D eigenvalue weighted by Crippen LogP contribution is -2.16. The number of hydrogen-bond acceptors (Lipinski definition) is 3. The zero-order valence-corrected chi connectivity index (χ0v) is 10.9. The summed E-state index contributed by atoms with van der Waals surface area (Å²) in [5.41, 5.74) is 7.12. The first-order valence-corrected chi connectivity index (χ1v) is 6.75. The van der Waals surface area contributed by atoms with E-state index in [9.17, 15) is 0 Å². The van der Waals surface area contributed by atoms with Crippen LogP contribution in [0.5, 0.6) is 0 Å². The molecule has 17 heavy (non-hydrogen) atoms. The largest absolute Gasteiger partial charge is 0.382 e. The molecule has 0 aliphatic heterocycles. The van der Waals surface area contributed by atoms with Crippen LogP contribution in [0.15, 0.2) is 0 Å². The van der Waals surface area contributed by atoms with E-state index in [1.165, 1.54) is 25.7 Å². The van der Waals surface area contributed by atoms with Crippen molar-refractivity contribution in [3.05, 3.63) is 11.5 Å². The Labute approximate surface area is 103 Å². The van der Waals surface area contributed by atoms with Crippen molar-refractivity contribution < 1.29 is 0 Å². The number of nitrogen functional groups attached to an aromatic ring is 2. The molecule has 1 aliphatic rings. The second-order valence-electron chi connectivity index (χ2n) is 5.38. The number of anilines is 1. The SMILES string of the molecule is CCCc1nc(C2CCC(C)CC2)c(N)n1N. The van der Waals surface area contributed by atoms with Crippen molar-refractivity contribution in [2.24, 2.45) is 5.92 Å². The highest BCUT2D eigenvalue weighted by atomic mass is 15.4. The van der Waals surface area contributed by atoms with Crippen LogP contribution in [0.2, 0.25) is 0 Å². The summed E-state index contributed by atoms with van der Waals surface area (Å²) in [7, 11) is 0. The Balaban J connectivity index is 2.18. The molecule has 1 aromatic heterocycles. The Morgan fingerprint density at radius 2 is 1.94 bits per heavy atom. The van der Waals surface area contributed by atoms with Gasteiger partial charge >= 0.3 is 0 Å². The van der Waals surface area contributed by atoms with Crippen molar-refractivity contribution in [3.63, 3.8) is 0 Å². The first kappa shape index (κ1) is 12.3. The molecule has 96 valence electrons. The summed E-state index contributed by atoms with van der Waals surface area (Å²) < 4.78 is 1.58. The minimum atomic E-state index is 0.520. The number of nitrogens with two attached hydrogens (primary N) is 2. The van der Waals surface area contributed by atoms with E-state index in [1.54, 1.807) is 4.68 Å². The molecule has 0 amide bonds. The maximum Gasteiger partial charge on any atom is 0.146 e. The summed E-state index contributed by atoms with van der Waals surface area (Å²) in [5, 5.41) is 0. The van der Waals surface area contributed by atoms with Crippen molar-refractivity contribution in [2.45, 2.75) is 58.3 Å². The Kier molecular flexibility index (Phi) is 3.60. The minimum Gasteiger partial charge on any atom is -0.382 e. The first-order valence-electron chi connectivity index (χ1n) is 6.75. The van der Waals surface area contributed by atoms with Crippen molar-refractivity contribution in [3.8, 4) is 0 Å². The predicted octanol–water partition coefficient (Wildman–Crippen LogP) is 2.43. The van der Waals surface area contributed by atoms with Crippen molar-refractivity contribution in [1.29, 1.82) is 0 Å². The number of aromatic nitrogens is 2. The van der Waals surface area contributed by atoms with Crippen LogP contribution < -0.4 is 11.6 Å². The summed E-state index contributed by atoms with van der Waals surface area (Å²) in [5.74, 6) is 8.93. The predicted molar refractivity (Wildman–Crippen MR) is 71.2 cm³/mol. The number of hydrogen-bond donors (Lipinski definition) is 2. The van der Waals surface area contributed by atoms with Gasteiger partial charge in [0.15, 0.2) is 0 Å². The summed E-state index contributed by atoms with van der Waals surface area (Å²) in [6.07, 6.45) is 6.93. The Hall–Kier alpha value is -1.19. The van der Waals surface area contributed by atoms with E-state index in [1.807, 2.05) is 0 Å². The molecule has 1 aliphatic carbocycles. The average molecular weight is 236 g/mol. The topological polar surface area (TPSA) is 69.9 Å². The summed E-state index contributed by atoms with van der Waals surface area (Å²) in [4.78, 5) is 4.66. The third kappa shape index (κ3) is 2.40. The van der Waals surface area contributed by atoms with Gasteiger partial charge < -0.3 is 11.6 Å². The smallest absolute Gasteiger partial charge is 0.146 e. The Morgan fingerprint density at radius 1 is 1.29 bits per heavy atom. The lowest BCUT2D eigenvalue weighted by atomic mass is 9.81. The van der Waals surface area contributed by atoms with Crippen LogP contribution in [0, 0.1) is 5.92 Å². The van der Waals surface area contributed by atoms with Crippen LogP contribution in [-0.4, -0.2) is 9.66 Å². The number of aryl methyl sites for hydroxylation is 1. The highest BCUT2D eigenvalue weighted by Crippen LogP contribution is 2.37. The van der Waals surface area contributed by atoms with Crippen LogP contribution >= 0.6 is 0 Å². The lowest BCUT2D eigenvalue weighted by Gasteiger charge is -2.25. The van der Waals surface area contributed by atoms with Crippen LogP contribution in [0.3, 0.4) is 0 Å². The fraction of sp³-hybridized carbons (Fsp3) is 0.769. The van der Waals surface area contributed by atoms with Gasteiger partial charge in [0.1, 0.15) is 11.6 Å². The number of rotatable bonds is 3. The molecule has 0 spiro atoms. The van der Waals surface area contributed by atoms with E-state index in [-0.39, 0.29) is 0 Å². The molecule has 4 heteroatoms. The molecule has 1 fully saturated rings. The maximum absolute atomic E-state index is 6.07. The third-order valence-corrected chi connectivity index (χ3v) is 3.93. The van der Waals surface area contributed by atoms with Gasteiger partial charge in [0.05, 0.1) is 5.69 Å². The number of imidazole rings is 1. The van der Waals surface area contributed by atoms with Gasteiger partial charge in [0.25, 0.3) is 0 Å². The fourth-order valence-corrected chi connectivity index (χ4v) is 2.75. The van der Waals surface area contributed by atoms with Crippen LogP contribution in [0.25, 0.3) is 0 Å². The molecule has 0 atom stereocenters. The summed E-state index contributed by atoms with van der Waals surface area (Å²) in [6.45, 7) is 4.45. The Bertz CT molecular complexity index is 375. The average Bonchev–Trinajstić information content (AvgIpc) is 2.59. The van der Waals surface area contributed by atoms with E-state index in [4.69, 9.17) is 11.6 Å². The van der Waals surface area contributed by atoms with Crippen molar-refractivity contribution >= 4 is 5.82 Å². The molecule has 0 unspecified atom stereocenters. The van der Waals surface area contributed by atoms with Gasteiger partial charge in [-0.25, -0.2) is 9.66 Å². The van der Waals surface area contributed by atoms with E-state index in [2.05, 4.69) is 18.8 Å². The van der Waals surface area contributed by atoms with E-state index < -0.39 is 0 Å². The summed E-state index contributed by atoms with van der Waals surface area (Å²) in [6, 6.07) is 0. The van der Waals surface area contributed by atoms with Gasteiger partial charge in [-0.1, -0.05) is 26.7 Å². The van der Waals surface area contributed by atoms with Crippen LogP contribution in [-0.2, 0) is 6.42 Å². The monoisotopic (exact) mass is 236 g/mol. The molecule has 2 rings (SSSR count). The van der Waals surface area contributed by atoms with Gasteiger partial charge in [0, 0.05) is 12.3 Å².